The molecule has 0 fully saturated rings. The van der Waals surface area contributed by atoms with Gasteiger partial charge in [0.1, 0.15) is 17.4 Å². The zero-order valence-corrected chi connectivity index (χ0v) is 8.16. The molecule has 2 aliphatic rings. The second-order valence-corrected chi connectivity index (χ2v) is 3.76. The number of fused-ring (bicyclic) bond motifs is 1. The zero-order valence-electron chi connectivity index (χ0n) is 8.16. The molecule has 4 heteroatoms. The van der Waals surface area contributed by atoms with Crippen LogP contribution in [0.2, 0.25) is 0 Å². The Hall–Kier alpha value is -1.58. The second kappa shape index (κ2) is 3.22. The highest BCUT2D eigenvalue weighted by Gasteiger charge is 2.28. The Morgan fingerprint density at radius 3 is 3.20 bits per heavy atom. The quantitative estimate of drug-likeness (QED) is 0.747. The van der Waals surface area contributed by atoms with Crippen LogP contribution >= 0.6 is 0 Å². The number of hydrogen-bond donors (Lipinski definition) is 1. The Balaban J connectivity index is 1.85. The lowest BCUT2D eigenvalue weighted by Crippen LogP contribution is -2.34. The van der Waals surface area contributed by atoms with Crippen LogP contribution in [0.4, 0.5) is 4.39 Å². The van der Waals surface area contributed by atoms with E-state index in [0.29, 0.717) is 6.42 Å². The van der Waals surface area contributed by atoms with E-state index in [1.54, 1.807) is 6.07 Å². The molecule has 3 nitrogen and oxygen atoms in total. The average Bonchev–Trinajstić information content (AvgIpc) is 2.84. The lowest BCUT2D eigenvalue weighted by Gasteiger charge is -2.10. The molecule has 1 atom stereocenters. The van der Waals surface area contributed by atoms with Gasteiger partial charge in [-0.2, -0.15) is 0 Å². The molecule has 1 aromatic rings. The van der Waals surface area contributed by atoms with Gasteiger partial charge in [0, 0.05) is 18.5 Å². The van der Waals surface area contributed by atoms with Gasteiger partial charge in [0.15, 0.2) is 6.10 Å². The van der Waals surface area contributed by atoms with Crippen molar-refractivity contribution in [2.75, 3.05) is 13.1 Å². The molecule has 3 rings (SSSR count). The van der Waals surface area contributed by atoms with Crippen LogP contribution in [0.3, 0.4) is 0 Å². The van der Waals surface area contributed by atoms with E-state index in [2.05, 4.69) is 10.3 Å². The van der Waals surface area contributed by atoms with Gasteiger partial charge in [-0.1, -0.05) is 0 Å². The van der Waals surface area contributed by atoms with Gasteiger partial charge >= 0.3 is 0 Å². The third-order valence-electron chi connectivity index (χ3n) is 2.70. The Morgan fingerprint density at radius 2 is 2.40 bits per heavy atom. The van der Waals surface area contributed by atoms with Crippen LogP contribution in [-0.2, 0) is 6.42 Å². The van der Waals surface area contributed by atoms with Crippen LogP contribution in [-0.4, -0.2) is 25.0 Å². The minimum absolute atomic E-state index is 0.0516. The summed E-state index contributed by atoms with van der Waals surface area (Å²) in [5, 5.41) is 3.18. The van der Waals surface area contributed by atoms with Gasteiger partial charge in [-0.3, -0.25) is 4.99 Å². The fraction of sp³-hybridized carbons (Fsp3) is 0.364. The van der Waals surface area contributed by atoms with Gasteiger partial charge < -0.3 is 10.1 Å². The van der Waals surface area contributed by atoms with Crippen molar-refractivity contribution in [3.05, 3.63) is 29.6 Å². The maximum absolute atomic E-state index is 13.0. The largest absolute Gasteiger partial charge is 0.482 e. The van der Waals surface area contributed by atoms with Crippen molar-refractivity contribution in [1.29, 1.82) is 0 Å². The van der Waals surface area contributed by atoms with E-state index in [1.165, 1.54) is 12.1 Å². The Morgan fingerprint density at radius 1 is 1.47 bits per heavy atom. The minimum Gasteiger partial charge on any atom is -0.482 e. The van der Waals surface area contributed by atoms with Gasteiger partial charge in [0.05, 0.1) is 6.54 Å². The molecule has 0 aliphatic carbocycles. The van der Waals surface area contributed by atoms with Gasteiger partial charge in [-0.25, -0.2) is 4.39 Å². The number of rotatable bonds is 1. The molecule has 15 heavy (non-hydrogen) atoms. The summed E-state index contributed by atoms with van der Waals surface area (Å²) in [5.41, 5.74) is 0.927. The van der Waals surface area contributed by atoms with Crippen LogP contribution in [0, 0.1) is 5.82 Å². The molecule has 2 aliphatic heterocycles. The normalized spacial score (nSPS) is 23.0. The molecule has 0 bridgehead atoms. The van der Waals surface area contributed by atoms with Crippen molar-refractivity contribution in [2.24, 2.45) is 4.99 Å². The number of aliphatic imine (C=N–C) groups is 1. The fourth-order valence-corrected chi connectivity index (χ4v) is 2.00. The third-order valence-corrected chi connectivity index (χ3v) is 2.70. The third kappa shape index (κ3) is 1.46. The first-order chi connectivity index (χ1) is 7.33. The topological polar surface area (TPSA) is 33.6 Å². The molecule has 0 aromatic heterocycles. The summed E-state index contributed by atoms with van der Waals surface area (Å²) in [7, 11) is 0. The van der Waals surface area contributed by atoms with Crippen LogP contribution in [0.1, 0.15) is 5.56 Å². The van der Waals surface area contributed by atoms with Gasteiger partial charge in [-0.05, 0) is 18.2 Å². The molecule has 2 heterocycles. The maximum atomic E-state index is 13.0. The number of hydrogen-bond acceptors (Lipinski definition) is 3. The van der Waals surface area contributed by atoms with Crippen LogP contribution in [0.25, 0.3) is 0 Å². The molecule has 0 saturated carbocycles. The number of amidine groups is 1. The molecule has 0 spiro atoms. The van der Waals surface area contributed by atoms with E-state index in [1.807, 2.05) is 0 Å². The van der Waals surface area contributed by atoms with Crippen molar-refractivity contribution in [2.45, 2.75) is 12.5 Å². The predicted molar refractivity (Wildman–Crippen MR) is 54.8 cm³/mol. The Bertz CT molecular complexity index is 431. The van der Waals surface area contributed by atoms with E-state index in [4.69, 9.17) is 4.74 Å². The summed E-state index contributed by atoms with van der Waals surface area (Å²) in [5.74, 6) is 1.46. The SMILES string of the molecule is Fc1ccc2c(c1)CC(C1=NCCN1)O2. The first-order valence-electron chi connectivity index (χ1n) is 5.06. The molecule has 78 valence electrons. The highest BCUT2D eigenvalue weighted by atomic mass is 19.1. The lowest BCUT2D eigenvalue weighted by molar-refractivity contribution is 0.298. The van der Waals surface area contributed by atoms with E-state index >= 15 is 0 Å². The molecule has 0 radical (unpaired) electrons. The van der Waals surface area contributed by atoms with E-state index in [9.17, 15) is 4.39 Å². The Kier molecular flexibility index (Phi) is 1.87. The first-order valence-corrected chi connectivity index (χ1v) is 5.06. The molecule has 1 unspecified atom stereocenters. The number of halogens is 1. The minimum atomic E-state index is -0.209. The summed E-state index contributed by atoms with van der Waals surface area (Å²) in [6.07, 6.45) is 0.656. The summed E-state index contributed by atoms with van der Waals surface area (Å²) in [4.78, 5) is 4.31. The van der Waals surface area contributed by atoms with Crippen molar-refractivity contribution < 1.29 is 9.13 Å². The average molecular weight is 206 g/mol. The number of ether oxygens (including phenoxy) is 1. The smallest absolute Gasteiger partial charge is 0.159 e. The molecule has 1 N–H and O–H groups in total. The highest BCUT2D eigenvalue weighted by Crippen LogP contribution is 2.29. The Labute approximate surface area is 87.0 Å². The summed E-state index contributed by atoms with van der Waals surface area (Å²) in [6, 6.07) is 4.64. The van der Waals surface area contributed by atoms with E-state index in [0.717, 1.165) is 30.2 Å². The number of benzene rings is 1. The summed E-state index contributed by atoms with van der Waals surface area (Å²) < 4.78 is 18.7. The van der Waals surface area contributed by atoms with Gasteiger partial charge in [-0.15, -0.1) is 0 Å². The lowest BCUT2D eigenvalue weighted by atomic mass is 10.1. The standard InChI is InChI=1S/C11H11FN2O/c12-8-1-2-9-7(5-8)6-10(15-9)11-13-3-4-14-11/h1-2,5,10H,3-4,6H2,(H,13,14). The number of nitrogens with zero attached hydrogens (tertiary/aromatic N) is 1. The maximum Gasteiger partial charge on any atom is 0.159 e. The van der Waals surface area contributed by atoms with Crippen molar-refractivity contribution in [3.63, 3.8) is 0 Å². The number of nitrogens with one attached hydrogen (secondary N) is 1. The molecule has 0 amide bonds. The van der Waals surface area contributed by atoms with Crippen LogP contribution in [0.5, 0.6) is 5.75 Å². The van der Waals surface area contributed by atoms with Crippen molar-refractivity contribution in [1.82, 2.24) is 5.32 Å². The molecular weight excluding hydrogens is 195 g/mol. The monoisotopic (exact) mass is 206 g/mol. The second-order valence-electron chi connectivity index (χ2n) is 3.76. The molecule has 0 saturated heterocycles. The van der Waals surface area contributed by atoms with Crippen LogP contribution in [0.15, 0.2) is 23.2 Å². The van der Waals surface area contributed by atoms with Crippen molar-refractivity contribution >= 4 is 5.84 Å². The first kappa shape index (κ1) is 8.71. The fourth-order valence-electron chi connectivity index (χ4n) is 2.00. The van der Waals surface area contributed by atoms with Crippen LogP contribution < -0.4 is 10.1 Å². The van der Waals surface area contributed by atoms with Gasteiger partial charge in [0.25, 0.3) is 0 Å². The summed E-state index contributed by atoms with van der Waals surface area (Å²) >= 11 is 0. The molecular formula is C11H11FN2O. The zero-order chi connectivity index (χ0) is 10.3. The molecule has 1 aromatic carbocycles. The van der Waals surface area contributed by atoms with E-state index < -0.39 is 0 Å². The van der Waals surface area contributed by atoms with Crippen molar-refractivity contribution in [3.8, 4) is 5.75 Å². The van der Waals surface area contributed by atoms with Gasteiger partial charge in [0.2, 0.25) is 0 Å². The highest BCUT2D eigenvalue weighted by molar-refractivity contribution is 5.89. The van der Waals surface area contributed by atoms with E-state index in [-0.39, 0.29) is 11.9 Å². The summed E-state index contributed by atoms with van der Waals surface area (Å²) in [6.45, 7) is 1.68. The predicted octanol–water partition coefficient (Wildman–Crippen LogP) is 1.13.